The van der Waals surface area contributed by atoms with E-state index in [2.05, 4.69) is 4.98 Å². The minimum Gasteiger partial charge on any atom is -0.345 e. The summed E-state index contributed by atoms with van der Waals surface area (Å²) >= 11 is 13.6. The monoisotopic (exact) mass is 503 g/mol. The molecule has 164 valence electrons. The largest absolute Gasteiger partial charge is 0.345 e. The van der Waals surface area contributed by atoms with Crippen molar-refractivity contribution in [2.75, 3.05) is 31.1 Å². The number of halogens is 4. The molecule has 2 heterocycles. The van der Waals surface area contributed by atoms with Crippen LogP contribution in [0.25, 0.3) is 0 Å². The van der Waals surface area contributed by atoms with Crippen molar-refractivity contribution in [3.63, 3.8) is 0 Å². The fraction of sp³-hybridized carbons (Fsp3) is 0.250. The molecule has 0 N–H and O–H groups in total. The Bertz CT molecular complexity index is 1190. The Kier molecular flexibility index (Phi) is 6.50. The van der Waals surface area contributed by atoms with Gasteiger partial charge in [-0.2, -0.15) is 4.31 Å². The average molecular weight is 504 g/mol. The molecule has 0 aliphatic carbocycles. The van der Waals surface area contributed by atoms with Gasteiger partial charge in [0.1, 0.15) is 11.6 Å². The third-order valence-electron chi connectivity index (χ3n) is 4.95. The molecule has 0 spiro atoms. The third kappa shape index (κ3) is 4.70. The molecule has 0 amide bonds. The number of sulfonamides is 1. The first-order valence-corrected chi connectivity index (χ1v) is 12.4. The predicted molar refractivity (Wildman–Crippen MR) is 119 cm³/mol. The molecule has 0 atom stereocenters. The predicted octanol–water partition coefficient (Wildman–Crippen LogP) is 4.83. The molecule has 0 unspecified atom stereocenters. The molecular formula is C20H17Cl2F2N3O2S2. The summed E-state index contributed by atoms with van der Waals surface area (Å²) in [6, 6.07) is 8.33. The van der Waals surface area contributed by atoms with Gasteiger partial charge in [-0.25, -0.2) is 22.2 Å². The maximum atomic E-state index is 14.0. The third-order valence-corrected chi connectivity index (χ3v) is 8.44. The Morgan fingerprint density at radius 2 is 1.71 bits per heavy atom. The molecule has 31 heavy (non-hydrogen) atoms. The molecule has 1 aliphatic heterocycles. The molecule has 0 saturated carbocycles. The van der Waals surface area contributed by atoms with Gasteiger partial charge < -0.3 is 4.90 Å². The fourth-order valence-electron chi connectivity index (χ4n) is 3.36. The van der Waals surface area contributed by atoms with E-state index < -0.39 is 26.6 Å². The van der Waals surface area contributed by atoms with Gasteiger partial charge in [0.25, 0.3) is 0 Å². The van der Waals surface area contributed by atoms with Crippen LogP contribution in [0.5, 0.6) is 0 Å². The van der Waals surface area contributed by atoms with Crippen LogP contribution in [0.3, 0.4) is 0 Å². The summed E-state index contributed by atoms with van der Waals surface area (Å²) in [4.78, 5) is 5.69. The zero-order valence-electron chi connectivity index (χ0n) is 16.1. The van der Waals surface area contributed by atoms with E-state index in [1.54, 1.807) is 12.1 Å². The van der Waals surface area contributed by atoms with E-state index in [0.717, 1.165) is 38.9 Å². The average Bonchev–Trinajstić information content (AvgIpc) is 3.18. The van der Waals surface area contributed by atoms with Crippen molar-refractivity contribution < 1.29 is 17.2 Å². The SMILES string of the molecule is O=S(=O)(c1c(F)cccc1F)N1CCN(c2nc(Cc3ccc(Cl)cc3Cl)cs2)CC1. The number of nitrogens with zero attached hydrogens (tertiary/aromatic N) is 3. The van der Waals surface area contributed by atoms with Crippen LogP contribution in [-0.2, 0) is 16.4 Å². The van der Waals surface area contributed by atoms with Gasteiger partial charge in [-0.1, -0.05) is 35.3 Å². The maximum Gasteiger partial charge on any atom is 0.249 e. The number of thiazole rings is 1. The number of piperazine rings is 1. The van der Waals surface area contributed by atoms with E-state index >= 15 is 0 Å². The van der Waals surface area contributed by atoms with E-state index in [1.807, 2.05) is 16.3 Å². The Morgan fingerprint density at radius 1 is 1.03 bits per heavy atom. The summed E-state index contributed by atoms with van der Waals surface area (Å²) in [5, 5.41) is 3.82. The van der Waals surface area contributed by atoms with Crippen molar-refractivity contribution in [1.82, 2.24) is 9.29 Å². The van der Waals surface area contributed by atoms with Crippen molar-refractivity contribution in [1.29, 1.82) is 0 Å². The minimum atomic E-state index is -4.26. The molecule has 0 radical (unpaired) electrons. The second-order valence-electron chi connectivity index (χ2n) is 6.98. The van der Waals surface area contributed by atoms with E-state index in [-0.39, 0.29) is 13.1 Å². The van der Waals surface area contributed by atoms with Gasteiger partial charge in [-0.15, -0.1) is 11.3 Å². The van der Waals surface area contributed by atoms with Gasteiger partial charge in [0.05, 0.1) is 5.69 Å². The zero-order chi connectivity index (χ0) is 22.2. The zero-order valence-corrected chi connectivity index (χ0v) is 19.2. The molecule has 1 aromatic heterocycles. The van der Waals surface area contributed by atoms with E-state index in [0.29, 0.717) is 29.6 Å². The van der Waals surface area contributed by atoms with Crippen LogP contribution in [0.1, 0.15) is 11.3 Å². The second kappa shape index (κ2) is 8.99. The van der Waals surface area contributed by atoms with Crippen molar-refractivity contribution in [3.8, 4) is 0 Å². The van der Waals surface area contributed by atoms with Crippen molar-refractivity contribution in [3.05, 3.63) is 74.7 Å². The lowest BCUT2D eigenvalue weighted by molar-refractivity contribution is 0.378. The summed E-state index contributed by atoms with van der Waals surface area (Å²) in [6.45, 7) is 0.940. The number of hydrogen-bond donors (Lipinski definition) is 0. The van der Waals surface area contributed by atoms with Crippen LogP contribution < -0.4 is 4.90 Å². The molecule has 2 aromatic carbocycles. The molecule has 1 aliphatic rings. The highest BCUT2D eigenvalue weighted by molar-refractivity contribution is 7.89. The van der Waals surface area contributed by atoms with Gasteiger partial charge >= 0.3 is 0 Å². The molecule has 11 heteroatoms. The van der Waals surface area contributed by atoms with Crippen molar-refractivity contribution >= 4 is 49.7 Å². The molecule has 1 saturated heterocycles. The molecule has 0 bridgehead atoms. The maximum absolute atomic E-state index is 14.0. The highest BCUT2D eigenvalue weighted by Gasteiger charge is 2.33. The first-order chi connectivity index (χ1) is 14.8. The van der Waals surface area contributed by atoms with Gasteiger partial charge in [0.2, 0.25) is 10.0 Å². The lowest BCUT2D eigenvalue weighted by atomic mass is 10.1. The highest BCUT2D eigenvalue weighted by atomic mass is 35.5. The first kappa shape index (κ1) is 22.4. The molecule has 3 aromatic rings. The molecule has 4 rings (SSSR count). The number of benzene rings is 2. The molecule has 5 nitrogen and oxygen atoms in total. The van der Waals surface area contributed by atoms with Crippen LogP contribution in [0.4, 0.5) is 13.9 Å². The van der Waals surface area contributed by atoms with E-state index in [4.69, 9.17) is 23.2 Å². The Balaban J connectivity index is 1.44. The van der Waals surface area contributed by atoms with Crippen LogP contribution in [0.2, 0.25) is 10.0 Å². The van der Waals surface area contributed by atoms with Crippen LogP contribution >= 0.6 is 34.5 Å². The number of aromatic nitrogens is 1. The number of anilines is 1. The molecule has 1 fully saturated rings. The van der Waals surface area contributed by atoms with Crippen LogP contribution in [0, 0.1) is 11.6 Å². The summed E-state index contributed by atoms with van der Waals surface area (Å²) in [7, 11) is -4.26. The van der Waals surface area contributed by atoms with Crippen LogP contribution in [-0.4, -0.2) is 43.9 Å². The summed E-state index contributed by atoms with van der Waals surface area (Å²) in [5.41, 5.74) is 1.75. The van der Waals surface area contributed by atoms with Crippen molar-refractivity contribution in [2.45, 2.75) is 11.3 Å². The Hall–Kier alpha value is -1.78. The summed E-state index contributed by atoms with van der Waals surface area (Å²) in [6.07, 6.45) is 0.549. The van der Waals surface area contributed by atoms with E-state index in [1.165, 1.54) is 11.3 Å². The van der Waals surface area contributed by atoms with Gasteiger partial charge in [-0.3, -0.25) is 0 Å². The van der Waals surface area contributed by atoms with Crippen molar-refractivity contribution in [2.24, 2.45) is 0 Å². The van der Waals surface area contributed by atoms with Gasteiger partial charge in [0, 0.05) is 48.0 Å². The number of hydrogen-bond acceptors (Lipinski definition) is 5. The fourth-order valence-corrected chi connectivity index (χ4v) is 6.25. The normalized spacial score (nSPS) is 15.4. The lowest BCUT2D eigenvalue weighted by Gasteiger charge is -2.33. The summed E-state index contributed by atoms with van der Waals surface area (Å²) in [5.74, 6) is -2.18. The Morgan fingerprint density at radius 3 is 2.35 bits per heavy atom. The number of rotatable bonds is 5. The summed E-state index contributed by atoms with van der Waals surface area (Å²) < 4.78 is 54.5. The van der Waals surface area contributed by atoms with Crippen LogP contribution in [0.15, 0.2) is 46.7 Å². The quantitative estimate of drug-likeness (QED) is 0.500. The lowest BCUT2D eigenvalue weighted by Crippen LogP contribution is -2.49. The standard InChI is InChI=1S/C20H17Cl2F2N3O2S2/c21-14-5-4-13(16(22)11-14)10-15-12-30-20(25-15)26-6-8-27(9-7-26)31(28,29)19-17(23)2-1-3-18(19)24/h1-5,11-12H,6-10H2. The topological polar surface area (TPSA) is 53.5 Å². The smallest absolute Gasteiger partial charge is 0.249 e. The van der Waals surface area contributed by atoms with Gasteiger partial charge in [-0.05, 0) is 29.8 Å². The molecular weight excluding hydrogens is 487 g/mol. The highest BCUT2D eigenvalue weighted by Crippen LogP contribution is 2.28. The minimum absolute atomic E-state index is 0.105. The van der Waals surface area contributed by atoms with Gasteiger partial charge in [0.15, 0.2) is 10.0 Å². The second-order valence-corrected chi connectivity index (χ2v) is 10.5. The Labute approximate surface area is 192 Å². The first-order valence-electron chi connectivity index (χ1n) is 9.33. The van der Waals surface area contributed by atoms with E-state index in [9.17, 15) is 17.2 Å².